The number of amides is 2. The number of urea groups is 1. The molecule has 3 nitrogen and oxygen atoms in total. The molecule has 0 atom stereocenters. The van der Waals surface area contributed by atoms with Crippen LogP contribution in [-0.2, 0) is 6.54 Å². The second-order valence-electron chi connectivity index (χ2n) is 3.84. The lowest BCUT2D eigenvalue weighted by atomic mass is 10.3. The molecule has 94 valence electrons. The number of aryl methyl sites for hydroxylation is 1. The topological polar surface area (TPSA) is 41.1 Å². The maximum Gasteiger partial charge on any atom is 0.319 e. The predicted molar refractivity (Wildman–Crippen MR) is 79.1 cm³/mol. The molecular formula is C13H13BrN2OS. The molecule has 2 N–H and O–H groups in total. The first-order valence-electron chi connectivity index (χ1n) is 5.48. The van der Waals surface area contributed by atoms with Gasteiger partial charge >= 0.3 is 6.03 Å². The van der Waals surface area contributed by atoms with Crippen LogP contribution in [0.25, 0.3) is 0 Å². The molecule has 18 heavy (non-hydrogen) atoms. The van der Waals surface area contributed by atoms with Crippen molar-refractivity contribution in [3.8, 4) is 0 Å². The fourth-order valence-corrected chi connectivity index (χ4v) is 2.56. The molecule has 0 aliphatic carbocycles. The van der Waals surface area contributed by atoms with Crippen molar-refractivity contribution in [3.63, 3.8) is 0 Å². The van der Waals surface area contributed by atoms with Crippen molar-refractivity contribution < 1.29 is 4.79 Å². The molecule has 0 saturated carbocycles. The van der Waals surface area contributed by atoms with E-state index in [-0.39, 0.29) is 6.03 Å². The summed E-state index contributed by atoms with van der Waals surface area (Å²) in [6, 6.07) is 9.33. The smallest absolute Gasteiger partial charge is 0.319 e. The van der Waals surface area contributed by atoms with Crippen LogP contribution in [0.4, 0.5) is 10.5 Å². The van der Waals surface area contributed by atoms with Gasteiger partial charge in [0.05, 0.1) is 6.54 Å². The van der Waals surface area contributed by atoms with Crippen LogP contribution in [0.15, 0.2) is 40.2 Å². The SMILES string of the molecule is Cc1ccsc1CNC(=O)Nc1ccc(Br)cc1. The van der Waals surface area contributed by atoms with Gasteiger partial charge in [-0.15, -0.1) is 11.3 Å². The van der Waals surface area contributed by atoms with E-state index in [1.165, 1.54) is 10.4 Å². The quantitative estimate of drug-likeness (QED) is 0.875. The summed E-state index contributed by atoms with van der Waals surface area (Å²) < 4.78 is 0.989. The van der Waals surface area contributed by atoms with E-state index in [2.05, 4.69) is 26.6 Å². The Morgan fingerprint density at radius 2 is 2.00 bits per heavy atom. The minimum absolute atomic E-state index is 0.190. The van der Waals surface area contributed by atoms with Crippen LogP contribution >= 0.6 is 27.3 Å². The maximum absolute atomic E-state index is 11.7. The summed E-state index contributed by atoms with van der Waals surface area (Å²) in [5, 5.41) is 7.65. The van der Waals surface area contributed by atoms with Gasteiger partial charge in [0, 0.05) is 15.0 Å². The molecule has 2 amide bonds. The van der Waals surface area contributed by atoms with E-state index >= 15 is 0 Å². The minimum atomic E-state index is -0.190. The zero-order valence-electron chi connectivity index (χ0n) is 9.87. The number of carbonyl (C=O) groups is 1. The molecule has 0 spiro atoms. The summed E-state index contributed by atoms with van der Waals surface area (Å²) >= 11 is 5.00. The molecule has 0 bridgehead atoms. The van der Waals surface area contributed by atoms with Crippen LogP contribution in [0.3, 0.4) is 0 Å². The Bertz CT molecular complexity index is 536. The van der Waals surface area contributed by atoms with Crippen molar-refractivity contribution in [2.75, 3.05) is 5.32 Å². The molecule has 0 fully saturated rings. The molecule has 1 aromatic carbocycles. The van der Waals surface area contributed by atoms with Gasteiger partial charge in [-0.3, -0.25) is 0 Å². The highest BCUT2D eigenvalue weighted by Gasteiger charge is 2.04. The maximum atomic E-state index is 11.7. The van der Waals surface area contributed by atoms with E-state index in [0.717, 1.165) is 10.2 Å². The van der Waals surface area contributed by atoms with Crippen molar-refractivity contribution in [1.29, 1.82) is 0 Å². The van der Waals surface area contributed by atoms with E-state index in [4.69, 9.17) is 0 Å². The van der Waals surface area contributed by atoms with Gasteiger partial charge in [0.25, 0.3) is 0 Å². The van der Waals surface area contributed by atoms with Crippen molar-refractivity contribution in [3.05, 3.63) is 50.6 Å². The van der Waals surface area contributed by atoms with E-state index in [0.29, 0.717) is 6.54 Å². The number of hydrogen-bond donors (Lipinski definition) is 2. The van der Waals surface area contributed by atoms with Crippen LogP contribution in [0.5, 0.6) is 0 Å². The first kappa shape index (κ1) is 13.1. The largest absolute Gasteiger partial charge is 0.333 e. The van der Waals surface area contributed by atoms with Gasteiger partial charge in [0.2, 0.25) is 0 Å². The zero-order chi connectivity index (χ0) is 13.0. The van der Waals surface area contributed by atoms with Gasteiger partial charge in [-0.25, -0.2) is 4.79 Å². The van der Waals surface area contributed by atoms with Crippen LogP contribution in [0.1, 0.15) is 10.4 Å². The summed E-state index contributed by atoms with van der Waals surface area (Å²) in [4.78, 5) is 12.9. The Hall–Kier alpha value is -1.33. The average Bonchev–Trinajstić information content (AvgIpc) is 2.75. The molecule has 2 aromatic rings. The van der Waals surface area contributed by atoms with E-state index < -0.39 is 0 Å². The van der Waals surface area contributed by atoms with E-state index in [1.807, 2.05) is 42.6 Å². The average molecular weight is 325 g/mol. The minimum Gasteiger partial charge on any atom is -0.333 e. The van der Waals surface area contributed by atoms with Gasteiger partial charge in [-0.1, -0.05) is 15.9 Å². The molecule has 1 aromatic heterocycles. The summed E-state index contributed by atoms with van der Waals surface area (Å²) in [7, 11) is 0. The van der Waals surface area contributed by atoms with Crippen molar-refractivity contribution in [2.45, 2.75) is 13.5 Å². The van der Waals surface area contributed by atoms with Crippen LogP contribution in [0, 0.1) is 6.92 Å². The second-order valence-corrected chi connectivity index (χ2v) is 5.76. The lowest BCUT2D eigenvalue weighted by Gasteiger charge is -2.07. The molecule has 0 radical (unpaired) electrons. The number of thiophene rings is 1. The van der Waals surface area contributed by atoms with Crippen molar-refractivity contribution >= 4 is 39.0 Å². The van der Waals surface area contributed by atoms with E-state index in [1.54, 1.807) is 11.3 Å². The number of halogens is 1. The molecule has 1 heterocycles. The Kier molecular flexibility index (Phi) is 4.38. The fourth-order valence-electron chi connectivity index (χ4n) is 1.45. The lowest BCUT2D eigenvalue weighted by Crippen LogP contribution is -2.28. The predicted octanol–water partition coefficient (Wildman–Crippen LogP) is 4.14. The van der Waals surface area contributed by atoms with Gasteiger partial charge in [0.15, 0.2) is 0 Å². The zero-order valence-corrected chi connectivity index (χ0v) is 12.3. The van der Waals surface area contributed by atoms with Crippen LogP contribution in [-0.4, -0.2) is 6.03 Å². The van der Waals surface area contributed by atoms with Crippen LogP contribution in [0.2, 0.25) is 0 Å². The van der Waals surface area contributed by atoms with Gasteiger partial charge in [-0.2, -0.15) is 0 Å². The number of benzene rings is 1. The fraction of sp³-hybridized carbons (Fsp3) is 0.154. The summed E-state index contributed by atoms with van der Waals surface area (Å²) in [6.07, 6.45) is 0. The molecule has 0 aliphatic rings. The molecule has 0 saturated heterocycles. The van der Waals surface area contributed by atoms with Crippen molar-refractivity contribution in [1.82, 2.24) is 5.32 Å². The molecule has 0 unspecified atom stereocenters. The third-order valence-electron chi connectivity index (χ3n) is 2.48. The lowest BCUT2D eigenvalue weighted by molar-refractivity contribution is 0.252. The Morgan fingerprint density at radius 3 is 2.61 bits per heavy atom. The molecule has 0 aliphatic heterocycles. The Morgan fingerprint density at radius 1 is 1.28 bits per heavy atom. The number of rotatable bonds is 3. The first-order chi connectivity index (χ1) is 8.65. The standard InChI is InChI=1S/C13H13BrN2OS/c1-9-6-7-18-12(9)8-15-13(17)16-11-4-2-10(14)3-5-11/h2-7H,8H2,1H3,(H2,15,16,17). The Balaban J connectivity index is 1.86. The third kappa shape index (κ3) is 3.58. The van der Waals surface area contributed by atoms with Crippen molar-refractivity contribution in [2.24, 2.45) is 0 Å². The monoisotopic (exact) mass is 324 g/mol. The second kappa shape index (κ2) is 6.02. The number of hydrogen-bond acceptors (Lipinski definition) is 2. The third-order valence-corrected chi connectivity index (χ3v) is 4.03. The van der Waals surface area contributed by atoms with Crippen LogP contribution < -0.4 is 10.6 Å². The molecule has 2 rings (SSSR count). The van der Waals surface area contributed by atoms with Gasteiger partial charge in [0.1, 0.15) is 0 Å². The molecule has 5 heteroatoms. The highest BCUT2D eigenvalue weighted by atomic mass is 79.9. The molecular weight excluding hydrogens is 312 g/mol. The van der Waals surface area contributed by atoms with Gasteiger partial charge in [-0.05, 0) is 48.2 Å². The number of anilines is 1. The Labute approximate surface area is 118 Å². The summed E-state index contributed by atoms with van der Waals surface area (Å²) in [6.45, 7) is 2.60. The van der Waals surface area contributed by atoms with Gasteiger partial charge < -0.3 is 10.6 Å². The number of nitrogens with one attached hydrogen (secondary N) is 2. The van der Waals surface area contributed by atoms with E-state index in [9.17, 15) is 4.79 Å². The number of carbonyl (C=O) groups excluding carboxylic acids is 1. The summed E-state index contributed by atoms with van der Waals surface area (Å²) in [5.41, 5.74) is 1.99. The normalized spacial score (nSPS) is 10.1. The first-order valence-corrected chi connectivity index (χ1v) is 7.16. The summed E-state index contributed by atoms with van der Waals surface area (Å²) in [5.74, 6) is 0. The highest BCUT2D eigenvalue weighted by Crippen LogP contribution is 2.16. The highest BCUT2D eigenvalue weighted by molar-refractivity contribution is 9.10.